The summed E-state index contributed by atoms with van der Waals surface area (Å²) >= 11 is 0. The Morgan fingerprint density at radius 3 is 2.67 bits per heavy atom. The molecule has 1 heterocycles. The molecule has 0 atom stereocenters. The molecule has 1 amide bonds. The number of nitrogens with one attached hydrogen (secondary N) is 2. The Balaban J connectivity index is 1.94. The molecular weight excluding hydrogens is 238 g/mol. The Labute approximate surface area is 101 Å². The van der Waals surface area contributed by atoms with E-state index in [1.165, 1.54) is 18.3 Å². The van der Waals surface area contributed by atoms with Gasteiger partial charge >= 0.3 is 0 Å². The first-order chi connectivity index (χ1) is 8.66. The van der Waals surface area contributed by atoms with Crippen LogP contribution in [0.1, 0.15) is 16.1 Å². The predicted octanol–water partition coefficient (Wildman–Crippen LogP) is 0.643. The van der Waals surface area contributed by atoms with Gasteiger partial charge in [0, 0.05) is 18.7 Å². The molecule has 1 aromatic heterocycles. The summed E-state index contributed by atoms with van der Waals surface area (Å²) in [4.78, 5) is 21.5. The fourth-order valence-corrected chi connectivity index (χ4v) is 1.32. The number of non-ortho nitro benzene ring substituents is 1. The number of amides is 1. The zero-order chi connectivity index (χ0) is 13.0. The van der Waals surface area contributed by atoms with Gasteiger partial charge in [-0.1, -0.05) is 12.1 Å². The normalized spacial score (nSPS) is 10.0. The van der Waals surface area contributed by atoms with Gasteiger partial charge in [0.1, 0.15) is 0 Å². The van der Waals surface area contributed by atoms with Crippen molar-refractivity contribution >= 4 is 11.6 Å². The number of benzene rings is 1. The lowest BCUT2D eigenvalue weighted by molar-refractivity contribution is -0.384. The third-order valence-electron chi connectivity index (χ3n) is 2.25. The lowest BCUT2D eigenvalue weighted by Crippen LogP contribution is -2.23. The molecule has 2 aromatic rings. The molecule has 0 fully saturated rings. The van der Waals surface area contributed by atoms with Crippen LogP contribution in [-0.2, 0) is 6.54 Å². The monoisotopic (exact) mass is 247 g/mol. The molecule has 0 spiro atoms. The molecular formula is C10H9N5O3. The van der Waals surface area contributed by atoms with E-state index in [9.17, 15) is 14.9 Å². The largest absolute Gasteiger partial charge is 0.347 e. The number of hydrogen-bond acceptors (Lipinski definition) is 5. The number of aromatic nitrogens is 3. The Hall–Kier alpha value is -2.77. The van der Waals surface area contributed by atoms with Gasteiger partial charge in [-0.25, -0.2) is 0 Å². The van der Waals surface area contributed by atoms with Crippen molar-refractivity contribution in [2.45, 2.75) is 6.54 Å². The highest BCUT2D eigenvalue weighted by molar-refractivity contribution is 5.91. The van der Waals surface area contributed by atoms with Crippen molar-refractivity contribution in [1.29, 1.82) is 0 Å². The van der Waals surface area contributed by atoms with Gasteiger partial charge < -0.3 is 5.32 Å². The quantitative estimate of drug-likeness (QED) is 0.608. The number of nitro benzene ring substituents is 1. The number of rotatable bonds is 4. The van der Waals surface area contributed by atoms with Crippen molar-refractivity contribution < 1.29 is 9.72 Å². The molecule has 0 unspecified atom stereocenters. The number of carbonyl (C=O) groups excluding carboxylic acids is 1. The second-order valence-corrected chi connectivity index (χ2v) is 3.46. The lowest BCUT2D eigenvalue weighted by Gasteiger charge is -2.02. The summed E-state index contributed by atoms with van der Waals surface area (Å²) in [6.45, 7) is 0.268. The summed E-state index contributed by atoms with van der Waals surface area (Å²) < 4.78 is 0. The van der Waals surface area contributed by atoms with Gasteiger partial charge in [0.15, 0.2) is 5.69 Å². The lowest BCUT2D eigenvalue weighted by atomic mass is 10.2. The highest BCUT2D eigenvalue weighted by atomic mass is 16.6. The molecule has 0 radical (unpaired) electrons. The number of nitro groups is 1. The fraction of sp³-hybridized carbons (Fsp3) is 0.100. The van der Waals surface area contributed by atoms with Gasteiger partial charge in [-0.05, 0) is 5.56 Å². The zero-order valence-corrected chi connectivity index (χ0v) is 9.16. The van der Waals surface area contributed by atoms with Crippen molar-refractivity contribution in [3.8, 4) is 0 Å². The van der Waals surface area contributed by atoms with E-state index >= 15 is 0 Å². The van der Waals surface area contributed by atoms with Crippen LogP contribution in [0, 0.1) is 10.1 Å². The second-order valence-electron chi connectivity index (χ2n) is 3.46. The SMILES string of the molecule is O=C(NCc1ccc([N+](=O)[O-])cc1)c1cn[nH]n1. The first-order valence-corrected chi connectivity index (χ1v) is 5.04. The van der Waals surface area contributed by atoms with E-state index < -0.39 is 4.92 Å². The highest BCUT2D eigenvalue weighted by Gasteiger charge is 2.08. The summed E-state index contributed by atoms with van der Waals surface area (Å²) in [6, 6.07) is 5.94. The number of hydrogen-bond donors (Lipinski definition) is 2. The van der Waals surface area contributed by atoms with Crippen LogP contribution in [0.3, 0.4) is 0 Å². The first-order valence-electron chi connectivity index (χ1n) is 5.04. The molecule has 2 N–H and O–H groups in total. The molecule has 2 rings (SSSR count). The van der Waals surface area contributed by atoms with Crippen LogP contribution < -0.4 is 5.32 Å². The van der Waals surface area contributed by atoms with Gasteiger partial charge in [-0.3, -0.25) is 14.9 Å². The summed E-state index contributed by atoms with van der Waals surface area (Å²) in [5, 5.41) is 22.5. The summed E-state index contributed by atoms with van der Waals surface area (Å²) in [6.07, 6.45) is 1.31. The third kappa shape index (κ3) is 2.67. The predicted molar refractivity (Wildman–Crippen MR) is 60.6 cm³/mol. The summed E-state index contributed by atoms with van der Waals surface area (Å²) in [5.74, 6) is -0.359. The van der Waals surface area contributed by atoms with E-state index in [1.807, 2.05) is 0 Å². The Kier molecular flexibility index (Phi) is 3.28. The van der Waals surface area contributed by atoms with E-state index in [0.29, 0.717) is 0 Å². The molecule has 18 heavy (non-hydrogen) atoms. The van der Waals surface area contributed by atoms with E-state index in [0.717, 1.165) is 5.56 Å². The smallest absolute Gasteiger partial charge is 0.273 e. The molecule has 0 aliphatic rings. The van der Waals surface area contributed by atoms with Gasteiger partial charge in [0.25, 0.3) is 11.6 Å². The molecule has 0 saturated carbocycles. The Morgan fingerprint density at radius 2 is 2.11 bits per heavy atom. The minimum atomic E-state index is -0.474. The first kappa shape index (κ1) is 11.7. The molecule has 1 aromatic carbocycles. The minimum Gasteiger partial charge on any atom is -0.347 e. The van der Waals surface area contributed by atoms with Crippen LogP contribution in [0.4, 0.5) is 5.69 Å². The summed E-state index contributed by atoms with van der Waals surface area (Å²) in [7, 11) is 0. The van der Waals surface area contributed by atoms with E-state index in [4.69, 9.17) is 0 Å². The standard InChI is InChI=1S/C10H9N5O3/c16-10(9-6-12-14-13-9)11-5-7-1-3-8(4-2-7)15(17)18/h1-4,6H,5H2,(H,11,16)(H,12,13,14). The van der Waals surface area contributed by atoms with Gasteiger partial charge in [-0.2, -0.15) is 15.4 Å². The van der Waals surface area contributed by atoms with Crippen molar-refractivity contribution in [3.05, 3.63) is 51.8 Å². The van der Waals surface area contributed by atoms with Crippen LogP contribution in [0.2, 0.25) is 0 Å². The molecule has 8 nitrogen and oxygen atoms in total. The van der Waals surface area contributed by atoms with Crippen molar-refractivity contribution in [2.24, 2.45) is 0 Å². The molecule has 92 valence electrons. The number of carbonyl (C=O) groups is 1. The van der Waals surface area contributed by atoms with Crippen LogP contribution in [0.25, 0.3) is 0 Å². The number of H-pyrrole nitrogens is 1. The zero-order valence-electron chi connectivity index (χ0n) is 9.16. The van der Waals surface area contributed by atoms with Crippen LogP contribution in [0.5, 0.6) is 0 Å². The van der Waals surface area contributed by atoms with Gasteiger partial charge in [-0.15, -0.1) is 0 Å². The minimum absolute atomic E-state index is 0.0153. The maximum atomic E-state index is 11.5. The van der Waals surface area contributed by atoms with Crippen molar-refractivity contribution in [3.63, 3.8) is 0 Å². The Bertz CT molecular complexity index is 549. The topological polar surface area (TPSA) is 114 Å². The van der Waals surface area contributed by atoms with E-state index in [-0.39, 0.29) is 23.8 Å². The van der Waals surface area contributed by atoms with Gasteiger partial charge in [0.05, 0.1) is 11.1 Å². The fourth-order valence-electron chi connectivity index (χ4n) is 1.32. The summed E-state index contributed by atoms with van der Waals surface area (Å²) in [5.41, 5.74) is 0.968. The number of nitrogens with zero attached hydrogens (tertiary/aromatic N) is 3. The van der Waals surface area contributed by atoms with Crippen LogP contribution in [-0.4, -0.2) is 26.2 Å². The third-order valence-corrected chi connectivity index (χ3v) is 2.25. The molecule has 8 heteroatoms. The Morgan fingerprint density at radius 1 is 1.39 bits per heavy atom. The number of aromatic amines is 1. The maximum absolute atomic E-state index is 11.5. The van der Waals surface area contributed by atoms with Gasteiger partial charge in [0.2, 0.25) is 0 Å². The average Bonchev–Trinajstić information content (AvgIpc) is 2.90. The van der Waals surface area contributed by atoms with Crippen molar-refractivity contribution in [1.82, 2.24) is 20.7 Å². The second kappa shape index (κ2) is 5.04. The van der Waals surface area contributed by atoms with Crippen LogP contribution in [0.15, 0.2) is 30.5 Å². The molecule has 0 bridgehead atoms. The molecule has 0 saturated heterocycles. The van der Waals surface area contributed by atoms with E-state index in [2.05, 4.69) is 20.7 Å². The van der Waals surface area contributed by atoms with E-state index in [1.54, 1.807) is 12.1 Å². The van der Waals surface area contributed by atoms with Crippen molar-refractivity contribution in [2.75, 3.05) is 0 Å². The molecule has 0 aliphatic carbocycles. The average molecular weight is 247 g/mol. The highest BCUT2D eigenvalue weighted by Crippen LogP contribution is 2.11. The molecule has 0 aliphatic heterocycles. The maximum Gasteiger partial charge on any atom is 0.273 e. The van der Waals surface area contributed by atoms with Crippen LogP contribution >= 0.6 is 0 Å².